The molecule has 1 amide bonds. The lowest BCUT2D eigenvalue weighted by molar-refractivity contribution is -0.137. The van der Waals surface area contributed by atoms with E-state index in [1.165, 1.54) is 30.2 Å². The van der Waals surface area contributed by atoms with Crippen molar-refractivity contribution >= 4 is 21.9 Å². The quantitative estimate of drug-likeness (QED) is 0.664. The summed E-state index contributed by atoms with van der Waals surface area (Å²) in [5, 5.41) is 9.04. The summed E-state index contributed by atoms with van der Waals surface area (Å²) in [5.41, 5.74) is 0.101. The van der Waals surface area contributed by atoms with Gasteiger partial charge in [-0.25, -0.2) is 13.1 Å². The first kappa shape index (κ1) is 20.2. The maximum atomic E-state index is 12.7. The number of methoxy groups -OCH3 is 1. The molecular weight excluding hydrogens is 360 g/mol. The third-order valence-corrected chi connectivity index (χ3v) is 5.34. The van der Waals surface area contributed by atoms with Crippen LogP contribution >= 0.6 is 0 Å². The first-order chi connectivity index (χ1) is 12.1. The Hall–Kier alpha value is -2.13. The zero-order chi connectivity index (χ0) is 19.5. The second-order valence-electron chi connectivity index (χ2n) is 6.73. The molecule has 0 radical (unpaired) electrons. The maximum absolute atomic E-state index is 12.7. The van der Waals surface area contributed by atoms with Gasteiger partial charge in [0.2, 0.25) is 10.0 Å². The zero-order valence-electron chi connectivity index (χ0n) is 15.1. The zero-order valence-corrected chi connectivity index (χ0v) is 15.9. The number of carbonyl (C=O) groups excluding carboxylic acids is 1. The predicted molar refractivity (Wildman–Crippen MR) is 94.7 cm³/mol. The van der Waals surface area contributed by atoms with Gasteiger partial charge < -0.3 is 14.7 Å². The van der Waals surface area contributed by atoms with Crippen molar-refractivity contribution in [3.8, 4) is 5.75 Å². The molecule has 1 aromatic rings. The topological polar surface area (TPSA) is 113 Å². The highest BCUT2D eigenvalue weighted by atomic mass is 32.2. The third kappa shape index (κ3) is 5.18. The van der Waals surface area contributed by atoms with Gasteiger partial charge in [-0.15, -0.1) is 0 Å². The minimum Gasteiger partial charge on any atom is -0.495 e. The standard InChI is InChI=1S/C17H24N2O6S/c1-11(2)9-19(10-16(20)21)17(22)12-4-7-14(25-3)15(8-12)26(23,24)18-13-5-6-13/h4,7-8,11,13,18H,5-6,9-10H2,1-3H3,(H,20,21). The van der Waals surface area contributed by atoms with E-state index in [-0.39, 0.29) is 34.7 Å². The van der Waals surface area contributed by atoms with Gasteiger partial charge in [0, 0.05) is 18.2 Å². The molecule has 0 atom stereocenters. The van der Waals surface area contributed by atoms with E-state index in [1.54, 1.807) is 0 Å². The number of hydrogen-bond donors (Lipinski definition) is 2. The molecule has 144 valence electrons. The van der Waals surface area contributed by atoms with Crippen molar-refractivity contribution in [3.05, 3.63) is 23.8 Å². The molecule has 1 fully saturated rings. The number of ether oxygens (including phenoxy) is 1. The molecule has 1 saturated carbocycles. The average molecular weight is 384 g/mol. The third-order valence-electron chi connectivity index (χ3n) is 3.80. The lowest BCUT2D eigenvalue weighted by Gasteiger charge is -2.23. The predicted octanol–water partition coefficient (Wildman–Crippen LogP) is 1.32. The summed E-state index contributed by atoms with van der Waals surface area (Å²) >= 11 is 0. The van der Waals surface area contributed by atoms with Gasteiger partial charge >= 0.3 is 5.97 Å². The van der Waals surface area contributed by atoms with Crippen LogP contribution in [0.1, 0.15) is 37.0 Å². The van der Waals surface area contributed by atoms with Gasteiger partial charge in [-0.3, -0.25) is 9.59 Å². The molecule has 0 saturated heterocycles. The van der Waals surface area contributed by atoms with Crippen molar-refractivity contribution in [2.45, 2.75) is 37.6 Å². The molecule has 1 aliphatic rings. The fourth-order valence-electron chi connectivity index (χ4n) is 2.51. The SMILES string of the molecule is COc1ccc(C(=O)N(CC(=O)O)CC(C)C)cc1S(=O)(=O)NC1CC1. The Labute approximate surface area is 153 Å². The first-order valence-electron chi connectivity index (χ1n) is 8.35. The summed E-state index contributed by atoms with van der Waals surface area (Å²) in [7, 11) is -2.48. The number of aliphatic carboxylic acids is 1. The van der Waals surface area contributed by atoms with Gasteiger partial charge in [-0.1, -0.05) is 13.8 Å². The van der Waals surface area contributed by atoms with Gasteiger partial charge in [-0.2, -0.15) is 0 Å². The number of hydrogen-bond acceptors (Lipinski definition) is 5. The smallest absolute Gasteiger partial charge is 0.323 e. The van der Waals surface area contributed by atoms with Crippen LogP contribution in [0, 0.1) is 5.92 Å². The van der Waals surface area contributed by atoms with Gasteiger partial charge in [0.1, 0.15) is 17.2 Å². The molecule has 0 spiro atoms. The Bertz CT molecular complexity index is 786. The number of rotatable bonds is 9. The van der Waals surface area contributed by atoms with E-state index in [4.69, 9.17) is 9.84 Å². The van der Waals surface area contributed by atoms with Crippen molar-refractivity contribution in [2.24, 2.45) is 5.92 Å². The van der Waals surface area contributed by atoms with E-state index in [1.807, 2.05) is 13.8 Å². The van der Waals surface area contributed by atoms with Crippen LogP contribution in [0.25, 0.3) is 0 Å². The van der Waals surface area contributed by atoms with E-state index < -0.39 is 28.4 Å². The highest BCUT2D eigenvalue weighted by molar-refractivity contribution is 7.89. The number of sulfonamides is 1. The molecule has 0 bridgehead atoms. The second-order valence-corrected chi connectivity index (χ2v) is 8.42. The highest BCUT2D eigenvalue weighted by Gasteiger charge is 2.31. The van der Waals surface area contributed by atoms with Crippen LogP contribution in [0.15, 0.2) is 23.1 Å². The van der Waals surface area contributed by atoms with Crippen LogP contribution in [-0.4, -0.2) is 56.5 Å². The lowest BCUT2D eigenvalue weighted by atomic mass is 10.1. The van der Waals surface area contributed by atoms with Crippen molar-refractivity contribution in [1.82, 2.24) is 9.62 Å². The molecule has 0 aliphatic heterocycles. The Morgan fingerprint density at radius 2 is 2.00 bits per heavy atom. The van der Waals surface area contributed by atoms with Gasteiger partial charge in [-0.05, 0) is 37.0 Å². The number of carboxylic acids is 1. The van der Waals surface area contributed by atoms with E-state index in [0.29, 0.717) is 0 Å². The Balaban J connectivity index is 2.37. The van der Waals surface area contributed by atoms with E-state index in [0.717, 1.165) is 12.8 Å². The van der Waals surface area contributed by atoms with Gasteiger partial charge in [0.15, 0.2) is 0 Å². The fraction of sp³-hybridized carbons (Fsp3) is 0.529. The molecule has 1 aromatic carbocycles. The van der Waals surface area contributed by atoms with Crippen molar-refractivity contribution in [3.63, 3.8) is 0 Å². The number of benzene rings is 1. The van der Waals surface area contributed by atoms with Crippen molar-refractivity contribution < 1.29 is 27.9 Å². The van der Waals surface area contributed by atoms with Crippen LogP contribution in [0.5, 0.6) is 5.75 Å². The number of amides is 1. The normalized spacial score (nSPS) is 14.3. The van der Waals surface area contributed by atoms with Crippen LogP contribution in [0.4, 0.5) is 0 Å². The van der Waals surface area contributed by atoms with E-state index in [9.17, 15) is 18.0 Å². The first-order valence-corrected chi connectivity index (χ1v) is 9.83. The van der Waals surface area contributed by atoms with Crippen molar-refractivity contribution in [2.75, 3.05) is 20.2 Å². The molecule has 8 nitrogen and oxygen atoms in total. The van der Waals surface area contributed by atoms with Gasteiger partial charge in [0.05, 0.1) is 7.11 Å². The maximum Gasteiger partial charge on any atom is 0.323 e. The minimum absolute atomic E-state index is 0.0660. The lowest BCUT2D eigenvalue weighted by Crippen LogP contribution is -2.38. The van der Waals surface area contributed by atoms with Crippen LogP contribution < -0.4 is 9.46 Å². The monoisotopic (exact) mass is 384 g/mol. The van der Waals surface area contributed by atoms with Crippen LogP contribution in [0.2, 0.25) is 0 Å². The average Bonchev–Trinajstić information content (AvgIpc) is 3.35. The minimum atomic E-state index is -3.83. The molecule has 9 heteroatoms. The van der Waals surface area contributed by atoms with Gasteiger partial charge in [0.25, 0.3) is 5.91 Å². The molecule has 26 heavy (non-hydrogen) atoms. The Kier molecular flexibility index (Phi) is 6.25. The Morgan fingerprint density at radius 1 is 1.35 bits per heavy atom. The largest absolute Gasteiger partial charge is 0.495 e. The number of carboxylic acid groups (broad SMARTS) is 1. The molecule has 0 aromatic heterocycles. The number of nitrogens with zero attached hydrogens (tertiary/aromatic N) is 1. The van der Waals surface area contributed by atoms with E-state index in [2.05, 4.69) is 4.72 Å². The van der Waals surface area contributed by atoms with Crippen molar-refractivity contribution in [1.29, 1.82) is 0 Å². The summed E-state index contributed by atoms with van der Waals surface area (Å²) < 4.78 is 32.8. The van der Waals surface area contributed by atoms with Crippen LogP contribution in [-0.2, 0) is 14.8 Å². The summed E-state index contributed by atoms with van der Waals surface area (Å²) in [6, 6.07) is 3.99. The summed E-state index contributed by atoms with van der Waals surface area (Å²) in [5.74, 6) is -1.47. The summed E-state index contributed by atoms with van der Waals surface area (Å²) in [4.78, 5) is 24.9. The molecule has 0 unspecified atom stereocenters. The number of nitrogens with one attached hydrogen (secondary N) is 1. The number of carbonyl (C=O) groups is 2. The molecule has 1 aliphatic carbocycles. The second kappa shape index (κ2) is 8.05. The highest BCUT2D eigenvalue weighted by Crippen LogP contribution is 2.28. The summed E-state index contributed by atoms with van der Waals surface area (Å²) in [6.07, 6.45) is 1.56. The molecule has 0 heterocycles. The summed E-state index contributed by atoms with van der Waals surface area (Å²) in [6.45, 7) is 3.53. The van der Waals surface area contributed by atoms with E-state index >= 15 is 0 Å². The fourth-order valence-corrected chi connectivity index (χ4v) is 4.01. The molecule has 2 rings (SSSR count). The van der Waals surface area contributed by atoms with Crippen LogP contribution in [0.3, 0.4) is 0 Å². The molecule has 2 N–H and O–H groups in total. The Morgan fingerprint density at radius 3 is 2.50 bits per heavy atom. The molecular formula is C17H24N2O6S.